The molecular weight excluding hydrogens is 252 g/mol. The molecule has 1 atom stereocenters. The van der Waals surface area contributed by atoms with Crippen LogP contribution in [0.1, 0.15) is 31.4 Å². The van der Waals surface area contributed by atoms with E-state index in [0.717, 1.165) is 12.5 Å². The van der Waals surface area contributed by atoms with Crippen LogP contribution in [0.4, 0.5) is 5.69 Å². The second-order valence-corrected chi connectivity index (χ2v) is 6.90. The highest BCUT2D eigenvalue weighted by atomic mass is 32.2. The van der Waals surface area contributed by atoms with E-state index < -0.39 is 0 Å². The number of nitrogens with zero attached hydrogens (tertiary/aromatic N) is 1. The SMILES string of the molecule is CC(NCC1CCSCC1)c1ccc(N(C)C)cc1. The van der Waals surface area contributed by atoms with Gasteiger partial charge in [0.15, 0.2) is 0 Å². The van der Waals surface area contributed by atoms with Gasteiger partial charge in [-0.1, -0.05) is 12.1 Å². The van der Waals surface area contributed by atoms with Crippen LogP contribution in [0.2, 0.25) is 0 Å². The van der Waals surface area contributed by atoms with Crippen molar-refractivity contribution in [3.05, 3.63) is 29.8 Å². The summed E-state index contributed by atoms with van der Waals surface area (Å²) in [6.07, 6.45) is 2.76. The molecule has 1 aliphatic heterocycles. The van der Waals surface area contributed by atoms with Gasteiger partial charge in [0.05, 0.1) is 0 Å². The van der Waals surface area contributed by atoms with E-state index in [1.807, 2.05) is 0 Å². The van der Waals surface area contributed by atoms with Gasteiger partial charge in [-0.15, -0.1) is 0 Å². The molecule has 1 aromatic rings. The highest BCUT2D eigenvalue weighted by molar-refractivity contribution is 7.99. The van der Waals surface area contributed by atoms with Crippen LogP contribution in [-0.2, 0) is 0 Å². The van der Waals surface area contributed by atoms with E-state index in [1.54, 1.807) is 0 Å². The quantitative estimate of drug-likeness (QED) is 0.887. The highest BCUT2D eigenvalue weighted by Crippen LogP contribution is 2.23. The molecule has 0 aromatic heterocycles. The van der Waals surface area contributed by atoms with Crippen LogP contribution in [0.5, 0.6) is 0 Å². The van der Waals surface area contributed by atoms with Crippen LogP contribution in [0, 0.1) is 5.92 Å². The maximum atomic E-state index is 3.69. The summed E-state index contributed by atoms with van der Waals surface area (Å²) in [6, 6.07) is 9.33. The Morgan fingerprint density at radius 2 is 1.84 bits per heavy atom. The molecule has 0 spiro atoms. The molecule has 1 unspecified atom stereocenters. The molecule has 1 aromatic carbocycles. The van der Waals surface area contributed by atoms with Crippen LogP contribution < -0.4 is 10.2 Å². The number of nitrogens with one attached hydrogen (secondary N) is 1. The van der Waals surface area contributed by atoms with Crippen molar-refractivity contribution in [2.24, 2.45) is 5.92 Å². The van der Waals surface area contributed by atoms with Gasteiger partial charge in [0.1, 0.15) is 0 Å². The first-order chi connectivity index (χ1) is 9.16. The predicted octanol–water partition coefficient (Wildman–Crippen LogP) is 3.55. The normalized spacial score (nSPS) is 18.3. The van der Waals surface area contributed by atoms with E-state index >= 15 is 0 Å². The van der Waals surface area contributed by atoms with E-state index in [1.165, 1.54) is 35.6 Å². The van der Waals surface area contributed by atoms with Crippen molar-refractivity contribution < 1.29 is 0 Å². The summed E-state index contributed by atoms with van der Waals surface area (Å²) in [7, 11) is 4.16. The molecule has 106 valence electrons. The van der Waals surface area contributed by atoms with Crippen LogP contribution >= 0.6 is 11.8 Å². The molecule has 0 aliphatic carbocycles. The lowest BCUT2D eigenvalue weighted by Crippen LogP contribution is -2.28. The maximum absolute atomic E-state index is 3.69. The molecule has 0 radical (unpaired) electrons. The van der Waals surface area contributed by atoms with Crippen molar-refractivity contribution in [1.29, 1.82) is 0 Å². The molecule has 1 aliphatic rings. The molecule has 1 heterocycles. The van der Waals surface area contributed by atoms with E-state index in [4.69, 9.17) is 0 Å². The van der Waals surface area contributed by atoms with Gasteiger partial charge in [-0.25, -0.2) is 0 Å². The Balaban J connectivity index is 1.83. The van der Waals surface area contributed by atoms with Gasteiger partial charge in [-0.3, -0.25) is 0 Å². The summed E-state index contributed by atoms with van der Waals surface area (Å²) < 4.78 is 0. The average molecular weight is 278 g/mol. The van der Waals surface area contributed by atoms with Gasteiger partial charge in [-0.05, 0) is 61.4 Å². The zero-order chi connectivity index (χ0) is 13.7. The average Bonchev–Trinajstić information content (AvgIpc) is 2.46. The fraction of sp³-hybridized carbons (Fsp3) is 0.625. The lowest BCUT2D eigenvalue weighted by molar-refractivity contribution is 0.421. The predicted molar refractivity (Wildman–Crippen MR) is 87.2 cm³/mol. The van der Waals surface area contributed by atoms with Gasteiger partial charge >= 0.3 is 0 Å². The lowest BCUT2D eigenvalue weighted by Gasteiger charge is -2.24. The third-order valence-electron chi connectivity index (χ3n) is 3.96. The maximum Gasteiger partial charge on any atom is 0.0361 e. The summed E-state index contributed by atoms with van der Waals surface area (Å²) in [5.74, 6) is 3.57. The zero-order valence-corrected chi connectivity index (χ0v) is 13.2. The van der Waals surface area contributed by atoms with Crippen molar-refractivity contribution in [1.82, 2.24) is 5.32 Å². The first-order valence-electron chi connectivity index (χ1n) is 7.25. The molecule has 0 bridgehead atoms. The Hall–Kier alpha value is -0.670. The van der Waals surface area contributed by atoms with Crippen molar-refractivity contribution in [2.45, 2.75) is 25.8 Å². The largest absolute Gasteiger partial charge is 0.378 e. The fourth-order valence-electron chi connectivity index (χ4n) is 2.47. The highest BCUT2D eigenvalue weighted by Gasteiger charge is 2.14. The summed E-state index contributed by atoms with van der Waals surface area (Å²) in [5.41, 5.74) is 2.65. The van der Waals surface area contributed by atoms with Gasteiger partial charge < -0.3 is 10.2 Å². The second-order valence-electron chi connectivity index (χ2n) is 5.67. The Kier molecular flexibility index (Phi) is 5.59. The summed E-state index contributed by atoms with van der Waals surface area (Å²) in [4.78, 5) is 2.14. The summed E-state index contributed by atoms with van der Waals surface area (Å²) >= 11 is 2.10. The molecule has 0 amide bonds. The Morgan fingerprint density at radius 3 is 2.42 bits per heavy atom. The molecule has 1 fully saturated rings. The van der Waals surface area contributed by atoms with E-state index in [9.17, 15) is 0 Å². The molecule has 19 heavy (non-hydrogen) atoms. The Labute approximate surface area is 122 Å². The van der Waals surface area contributed by atoms with E-state index in [-0.39, 0.29) is 0 Å². The van der Waals surface area contributed by atoms with Gasteiger partial charge in [-0.2, -0.15) is 11.8 Å². The van der Waals surface area contributed by atoms with Crippen LogP contribution in [-0.4, -0.2) is 32.1 Å². The summed E-state index contributed by atoms with van der Waals surface area (Å²) in [5, 5.41) is 3.69. The minimum atomic E-state index is 0.450. The first-order valence-corrected chi connectivity index (χ1v) is 8.40. The molecule has 0 saturated carbocycles. The van der Waals surface area contributed by atoms with Gasteiger partial charge in [0.2, 0.25) is 0 Å². The lowest BCUT2D eigenvalue weighted by atomic mass is 10.0. The molecule has 1 N–H and O–H groups in total. The van der Waals surface area contributed by atoms with Crippen molar-refractivity contribution >= 4 is 17.4 Å². The minimum absolute atomic E-state index is 0.450. The topological polar surface area (TPSA) is 15.3 Å². The van der Waals surface area contributed by atoms with Gasteiger partial charge in [0.25, 0.3) is 0 Å². The smallest absolute Gasteiger partial charge is 0.0361 e. The first kappa shape index (κ1) is 14.7. The number of benzene rings is 1. The zero-order valence-electron chi connectivity index (χ0n) is 12.4. The standard InChI is InChI=1S/C16H26N2S/c1-13(17-12-14-8-10-19-11-9-14)15-4-6-16(7-5-15)18(2)3/h4-7,13-14,17H,8-12H2,1-3H3. The summed E-state index contributed by atoms with van der Waals surface area (Å²) in [6.45, 7) is 3.43. The number of hydrogen-bond donors (Lipinski definition) is 1. The van der Waals surface area contributed by atoms with Crippen LogP contribution in [0.3, 0.4) is 0 Å². The molecule has 2 rings (SSSR count). The number of thioether (sulfide) groups is 1. The van der Waals surface area contributed by atoms with E-state index in [0.29, 0.717) is 6.04 Å². The number of hydrogen-bond acceptors (Lipinski definition) is 3. The van der Waals surface area contributed by atoms with Crippen molar-refractivity contribution in [3.8, 4) is 0 Å². The third-order valence-corrected chi connectivity index (χ3v) is 5.01. The van der Waals surface area contributed by atoms with Crippen molar-refractivity contribution in [3.63, 3.8) is 0 Å². The van der Waals surface area contributed by atoms with Crippen LogP contribution in [0.15, 0.2) is 24.3 Å². The number of rotatable bonds is 5. The van der Waals surface area contributed by atoms with Crippen molar-refractivity contribution in [2.75, 3.05) is 37.0 Å². The van der Waals surface area contributed by atoms with Gasteiger partial charge in [0, 0.05) is 25.8 Å². The monoisotopic (exact) mass is 278 g/mol. The molecule has 3 heteroatoms. The third kappa shape index (κ3) is 4.43. The molecule has 1 saturated heterocycles. The minimum Gasteiger partial charge on any atom is -0.378 e. The Morgan fingerprint density at radius 1 is 1.21 bits per heavy atom. The molecule has 2 nitrogen and oxygen atoms in total. The number of anilines is 1. The Bertz CT molecular complexity index is 369. The van der Waals surface area contributed by atoms with E-state index in [2.05, 4.69) is 67.3 Å². The second kappa shape index (κ2) is 7.20. The van der Waals surface area contributed by atoms with Crippen LogP contribution in [0.25, 0.3) is 0 Å². The molecular formula is C16H26N2S. The fourth-order valence-corrected chi connectivity index (χ4v) is 3.68.